The minimum absolute atomic E-state index is 0.398. The van der Waals surface area contributed by atoms with Gasteiger partial charge in [-0.3, -0.25) is 0 Å². The molecule has 2 aromatic rings. The molecular formula is C11H9ClN2S2. The first-order valence-electron chi connectivity index (χ1n) is 4.64. The number of aromatic nitrogens is 1. The average Bonchev–Trinajstić information content (AvgIpc) is 2.66. The van der Waals surface area contributed by atoms with Gasteiger partial charge in [0.25, 0.3) is 0 Å². The van der Waals surface area contributed by atoms with Crippen molar-refractivity contribution in [2.24, 2.45) is 5.73 Å². The van der Waals surface area contributed by atoms with Crippen molar-refractivity contribution in [2.75, 3.05) is 0 Å². The first-order valence-corrected chi connectivity index (χ1v) is 6.24. The maximum atomic E-state index is 5.91. The molecule has 1 aromatic carbocycles. The van der Waals surface area contributed by atoms with Gasteiger partial charge in [0.15, 0.2) is 0 Å². The van der Waals surface area contributed by atoms with Crippen molar-refractivity contribution in [1.82, 2.24) is 4.98 Å². The summed E-state index contributed by atoms with van der Waals surface area (Å²) < 4.78 is 0. The van der Waals surface area contributed by atoms with Gasteiger partial charge in [-0.15, -0.1) is 11.3 Å². The van der Waals surface area contributed by atoms with E-state index in [2.05, 4.69) is 4.98 Å². The molecule has 5 heteroatoms. The Labute approximate surface area is 108 Å². The third-order valence-electron chi connectivity index (χ3n) is 2.04. The van der Waals surface area contributed by atoms with Gasteiger partial charge in [0, 0.05) is 17.6 Å². The largest absolute Gasteiger partial charge is 0.389 e. The van der Waals surface area contributed by atoms with Gasteiger partial charge in [-0.1, -0.05) is 36.0 Å². The number of rotatable bonds is 3. The van der Waals surface area contributed by atoms with E-state index in [4.69, 9.17) is 29.6 Å². The van der Waals surface area contributed by atoms with Crippen molar-refractivity contribution in [3.05, 3.63) is 50.9 Å². The van der Waals surface area contributed by atoms with E-state index in [1.165, 1.54) is 11.3 Å². The first kappa shape index (κ1) is 11.5. The second kappa shape index (κ2) is 4.91. The van der Waals surface area contributed by atoms with Gasteiger partial charge in [-0.2, -0.15) is 0 Å². The van der Waals surface area contributed by atoms with Crippen LogP contribution in [0.4, 0.5) is 0 Å². The highest BCUT2D eigenvalue weighted by atomic mass is 35.5. The Morgan fingerprint density at radius 1 is 1.50 bits per heavy atom. The summed E-state index contributed by atoms with van der Waals surface area (Å²) in [7, 11) is 0. The Hall–Kier alpha value is -0.970. The number of nitrogens with zero attached hydrogens (tertiary/aromatic N) is 1. The molecule has 0 saturated heterocycles. The Balaban J connectivity index is 2.17. The van der Waals surface area contributed by atoms with Gasteiger partial charge in [0.05, 0.1) is 9.88 Å². The minimum Gasteiger partial charge on any atom is -0.389 e. The summed E-state index contributed by atoms with van der Waals surface area (Å²) >= 11 is 12.3. The number of halogens is 1. The second-order valence-electron chi connectivity index (χ2n) is 3.29. The van der Waals surface area contributed by atoms with E-state index < -0.39 is 0 Å². The fraction of sp³-hybridized carbons (Fsp3) is 0.0909. The fourth-order valence-electron chi connectivity index (χ4n) is 1.33. The predicted molar refractivity (Wildman–Crippen MR) is 72.3 cm³/mol. The second-order valence-corrected chi connectivity index (χ2v) is 5.28. The molecule has 0 atom stereocenters. The Kier molecular flexibility index (Phi) is 3.53. The smallest absolute Gasteiger partial charge is 0.115 e. The topological polar surface area (TPSA) is 38.9 Å². The van der Waals surface area contributed by atoms with E-state index in [0.29, 0.717) is 4.99 Å². The predicted octanol–water partition coefficient (Wildman–Crippen LogP) is 3.02. The summed E-state index contributed by atoms with van der Waals surface area (Å²) in [6, 6.07) is 7.74. The van der Waals surface area contributed by atoms with Crippen molar-refractivity contribution in [1.29, 1.82) is 0 Å². The van der Waals surface area contributed by atoms with Crippen molar-refractivity contribution in [3.63, 3.8) is 0 Å². The summed E-state index contributed by atoms with van der Waals surface area (Å²) in [5, 5.41) is 1.73. The zero-order chi connectivity index (χ0) is 11.5. The molecule has 0 bridgehead atoms. The summed E-state index contributed by atoms with van der Waals surface area (Å²) in [4.78, 5) is 5.52. The lowest BCUT2D eigenvalue weighted by atomic mass is 10.2. The summed E-state index contributed by atoms with van der Waals surface area (Å²) in [6.45, 7) is 0. The Morgan fingerprint density at radius 3 is 2.94 bits per heavy atom. The van der Waals surface area contributed by atoms with Crippen LogP contribution in [0.25, 0.3) is 0 Å². The molecular weight excluding hydrogens is 260 g/mol. The van der Waals surface area contributed by atoms with Crippen LogP contribution in [0.5, 0.6) is 0 Å². The highest BCUT2D eigenvalue weighted by Crippen LogP contribution is 2.18. The van der Waals surface area contributed by atoms with Crippen molar-refractivity contribution < 1.29 is 0 Å². The maximum absolute atomic E-state index is 5.91. The lowest BCUT2D eigenvalue weighted by Gasteiger charge is -1.98. The molecule has 0 radical (unpaired) electrons. The molecule has 0 amide bonds. The molecule has 0 aliphatic heterocycles. The summed E-state index contributed by atoms with van der Waals surface area (Å²) in [6.07, 6.45) is 2.47. The van der Waals surface area contributed by atoms with Crippen LogP contribution >= 0.6 is 35.2 Å². The quantitative estimate of drug-likeness (QED) is 0.870. The molecule has 0 aliphatic rings. The van der Waals surface area contributed by atoms with E-state index in [-0.39, 0.29) is 0 Å². The first-order chi connectivity index (χ1) is 7.65. The number of nitrogens with two attached hydrogens (primary N) is 1. The van der Waals surface area contributed by atoms with Gasteiger partial charge >= 0.3 is 0 Å². The number of hydrogen-bond donors (Lipinski definition) is 1. The molecule has 0 fully saturated rings. The van der Waals surface area contributed by atoms with Crippen LogP contribution in [0.1, 0.15) is 15.4 Å². The molecule has 2 rings (SSSR count). The highest BCUT2D eigenvalue weighted by molar-refractivity contribution is 7.81. The Bertz CT molecular complexity index is 522. The molecule has 1 heterocycles. The number of thiazole rings is 1. The molecule has 82 valence electrons. The van der Waals surface area contributed by atoms with E-state index >= 15 is 0 Å². The van der Waals surface area contributed by atoms with Crippen LogP contribution < -0.4 is 5.73 Å². The van der Waals surface area contributed by atoms with Gasteiger partial charge in [-0.25, -0.2) is 4.98 Å². The van der Waals surface area contributed by atoms with E-state index in [1.807, 2.05) is 24.3 Å². The molecule has 16 heavy (non-hydrogen) atoms. The lowest BCUT2D eigenvalue weighted by Crippen LogP contribution is -2.06. The maximum Gasteiger partial charge on any atom is 0.115 e. The SMILES string of the molecule is NC(=S)c1cnc(Cc2cccc(Cl)c2)s1. The molecule has 0 aliphatic carbocycles. The molecule has 2 nitrogen and oxygen atoms in total. The van der Waals surface area contributed by atoms with Crippen LogP contribution in [0.2, 0.25) is 5.02 Å². The zero-order valence-corrected chi connectivity index (χ0v) is 10.7. The van der Waals surface area contributed by atoms with Crippen molar-refractivity contribution in [3.8, 4) is 0 Å². The third kappa shape index (κ3) is 2.78. The van der Waals surface area contributed by atoms with E-state index in [1.54, 1.807) is 6.20 Å². The average molecular weight is 269 g/mol. The third-order valence-corrected chi connectivity index (χ3v) is 3.66. The van der Waals surface area contributed by atoms with Crippen LogP contribution in [-0.4, -0.2) is 9.97 Å². The van der Waals surface area contributed by atoms with Gasteiger partial charge in [0.2, 0.25) is 0 Å². The molecule has 2 N–H and O–H groups in total. The summed E-state index contributed by atoms with van der Waals surface area (Å²) in [5.41, 5.74) is 6.66. The number of thiocarbonyl (C=S) groups is 1. The molecule has 0 spiro atoms. The van der Waals surface area contributed by atoms with Crippen molar-refractivity contribution in [2.45, 2.75) is 6.42 Å². The van der Waals surface area contributed by atoms with Crippen LogP contribution in [-0.2, 0) is 6.42 Å². The van der Waals surface area contributed by atoms with Crippen LogP contribution in [0.3, 0.4) is 0 Å². The normalized spacial score (nSPS) is 10.3. The number of benzene rings is 1. The van der Waals surface area contributed by atoms with Crippen LogP contribution in [0, 0.1) is 0 Å². The standard InChI is InChI=1S/C11H9ClN2S2/c12-8-3-1-2-7(4-8)5-10-14-6-9(16-10)11(13)15/h1-4,6H,5H2,(H2,13,15). The Morgan fingerprint density at radius 2 is 2.31 bits per heavy atom. The monoisotopic (exact) mass is 268 g/mol. The number of hydrogen-bond acceptors (Lipinski definition) is 3. The summed E-state index contributed by atoms with van der Waals surface area (Å²) in [5.74, 6) is 0. The lowest BCUT2D eigenvalue weighted by molar-refractivity contribution is 1.14. The highest BCUT2D eigenvalue weighted by Gasteiger charge is 2.05. The van der Waals surface area contributed by atoms with Crippen LogP contribution in [0.15, 0.2) is 30.5 Å². The van der Waals surface area contributed by atoms with Gasteiger partial charge < -0.3 is 5.73 Å². The van der Waals surface area contributed by atoms with Gasteiger partial charge in [0.1, 0.15) is 4.99 Å². The van der Waals surface area contributed by atoms with Gasteiger partial charge in [-0.05, 0) is 17.7 Å². The zero-order valence-electron chi connectivity index (χ0n) is 8.31. The van der Waals surface area contributed by atoms with E-state index in [0.717, 1.165) is 26.9 Å². The van der Waals surface area contributed by atoms with Crippen molar-refractivity contribution >= 4 is 40.1 Å². The molecule has 0 saturated carbocycles. The fourth-order valence-corrected chi connectivity index (χ4v) is 2.52. The van der Waals surface area contributed by atoms with E-state index in [9.17, 15) is 0 Å². The molecule has 1 aromatic heterocycles. The minimum atomic E-state index is 0.398. The molecule has 0 unspecified atom stereocenters.